The Hall–Kier alpha value is -2.21. The second-order valence-corrected chi connectivity index (χ2v) is 12.0. The van der Waals surface area contributed by atoms with Crippen molar-refractivity contribution in [1.82, 2.24) is 14.8 Å². The molecule has 2 aromatic rings. The minimum Gasteiger partial charge on any atom is -0.491 e. The van der Waals surface area contributed by atoms with Gasteiger partial charge in [0.05, 0.1) is 11.1 Å². The summed E-state index contributed by atoms with van der Waals surface area (Å²) < 4.78 is 48.3. The smallest absolute Gasteiger partial charge is 0.416 e. The molecule has 37 heavy (non-hydrogen) atoms. The van der Waals surface area contributed by atoms with Crippen molar-refractivity contribution >= 4 is 17.2 Å². The van der Waals surface area contributed by atoms with E-state index in [4.69, 9.17) is 4.74 Å². The van der Waals surface area contributed by atoms with Crippen LogP contribution in [0.1, 0.15) is 67.3 Å². The van der Waals surface area contributed by atoms with Crippen molar-refractivity contribution in [3.63, 3.8) is 0 Å². The lowest BCUT2D eigenvalue weighted by Crippen LogP contribution is -2.34. The van der Waals surface area contributed by atoms with Gasteiger partial charge in [0.15, 0.2) is 4.80 Å². The van der Waals surface area contributed by atoms with Crippen molar-refractivity contribution in [3.8, 4) is 5.75 Å². The van der Waals surface area contributed by atoms with E-state index >= 15 is 0 Å². The summed E-state index contributed by atoms with van der Waals surface area (Å²) in [5.74, 6) is -0.682. The topological polar surface area (TPSA) is 79.1 Å². The van der Waals surface area contributed by atoms with Crippen LogP contribution in [0.3, 0.4) is 0 Å². The number of aromatic nitrogens is 1. The van der Waals surface area contributed by atoms with Crippen molar-refractivity contribution in [2.45, 2.75) is 82.9 Å². The van der Waals surface area contributed by atoms with Crippen molar-refractivity contribution in [2.24, 2.45) is 4.99 Å². The maximum Gasteiger partial charge on any atom is 0.416 e. The molecule has 0 unspecified atom stereocenters. The summed E-state index contributed by atoms with van der Waals surface area (Å²) in [6.07, 6.45) is 0.118. The number of aliphatic hydroxyl groups is 1. The number of nitrogens with zero attached hydrogens (tertiary/aromatic N) is 3. The minimum atomic E-state index is -4.60. The normalized spacial score (nSPS) is 23.7. The molecule has 1 aromatic carbocycles. The quantitative estimate of drug-likeness (QED) is 0.576. The summed E-state index contributed by atoms with van der Waals surface area (Å²) in [7, 11) is 1.98. The number of alkyl halides is 3. The third-order valence-electron chi connectivity index (χ3n) is 6.93. The molecular weight excluding hydrogens is 505 g/mol. The molecule has 0 saturated carbocycles. The molecule has 0 spiro atoms. The van der Waals surface area contributed by atoms with Crippen LogP contribution in [-0.2, 0) is 18.1 Å². The van der Waals surface area contributed by atoms with Crippen LogP contribution in [0.4, 0.5) is 13.2 Å². The maximum absolute atomic E-state index is 13.5. The monoisotopic (exact) mass is 540 g/mol. The Morgan fingerprint density at radius 2 is 2.00 bits per heavy atom. The Labute approximate surface area is 219 Å². The summed E-state index contributed by atoms with van der Waals surface area (Å²) in [5, 5.41) is 12.9. The molecule has 2 saturated heterocycles. The Morgan fingerprint density at radius 1 is 1.24 bits per heavy atom. The lowest BCUT2D eigenvalue weighted by Gasteiger charge is -2.20. The molecule has 1 aromatic heterocycles. The number of hydrogen-bond acceptors (Lipinski definition) is 6. The number of carbonyl (C=O) groups excluding carboxylic acids is 1. The highest BCUT2D eigenvalue weighted by Gasteiger charge is 2.33. The second-order valence-electron chi connectivity index (χ2n) is 11.0. The summed E-state index contributed by atoms with van der Waals surface area (Å²) in [6, 6.07) is 3.13. The third-order valence-corrected chi connectivity index (χ3v) is 8.38. The highest BCUT2D eigenvalue weighted by Crippen LogP contribution is 2.33. The van der Waals surface area contributed by atoms with E-state index in [9.17, 15) is 23.1 Å². The molecule has 1 amide bonds. The van der Waals surface area contributed by atoms with Gasteiger partial charge in [0.1, 0.15) is 18.6 Å². The molecule has 4 rings (SSSR count). The minimum absolute atomic E-state index is 0.00215. The molecule has 3 heterocycles. The maximum atomic E-state index is 13.5. The Kier molecular flexibility index (Phi) is 8.18. The number of likely N-dealkylation sites (N-methyl/N-ethyl adjacent to an activating group) is 1. The van der Waals surface area contributed by atoms with Gasteiger partial charge in [0, 0.05) is 29.7 Å². The number of benzene rings is 1. The fraction of sp³-hybridized carbons (Fsp3) is 0.615. The fourth-order valence-electron chi connectivity index (χ4n) is 4.65. The molecule has 2 aliphatic rings. The van der Waals surface area contributed by atoms with Gasteiger partial charge < -0.3 is 19.3 Å². The van der Waals surface area contributed by atoms with Gasteiger partial charge in [0.2, 0.25) is 0 Å². The molecule has 0 aliphatic carbocycles. The highest BCUT2D eigenvalue weighted by atomic mass is 32.1. The number of amides is 1. The molecule has 11 heteroatoms. The van der Waals surface area contributed by atoms with Gasteiger partial charge in [-0.25, -0.2) is 0 Å². The second kappa shape index (κ2) is 10.9. The van der Waals surface area contributed by atoms with Gasteiger partial charge in [-0.05, 0) is 62.9 Å². The van der Waals surface area contributed by atoms with E-state index in [0.29, 0.717) is 17.8 Å². The molecule has 0 bridgehead atoms. The molecular formula is C26H35F3N4O3S. The zero-order valence-electron chi connectivity index (χ0n) is 21.6. The predicted octanol–water partition coefficient (Wildman–Crippen LogP) is 4.15. The van der Waals surface area contributed by atoms with Gasteiger partial charge in [-0.1, -0.05) is 20.8 Å². The van der Waals surface area contributed by atoms with Crippen LogP contribution in [0, 0.1) is 0 Å². The highest BCUT2D eigenvalue weighted by molar-refractivity contribution is 7.09. The summed E-state index contributed by atoms with van der Waals surface area (Å²) in [5.41, 5.74) is -1.33. The Balaban J connectivity index is 1.69. The average molecular weight is 541 g/mol. The first-order valence-corrected chi connectivity index (χ1v) is 13.4. The zero-order valence-corrected chi connectivity index (χ0v) is 22.5. The largest absolute Gasteiger partial charge is 0.491 e. The van der Waals surface area contributed by atoms with Crippen LogP contribution < -0.4 is 14.9 Å². The average Bonchev–Trinajstić information content (AvgIpc) is 3.52. The SMILES string of the molecule is CN1CCC[C@H]1COc1ccc(C(F)(F)F)cc1C(=O)N=c1sc(C(C)(C)C)cn1C[C@@H]1CC[C@H](O)N1. The van der Waals surface area contributed by atoms with E-state index < -0.39 is 23.9 Å². The molecule has 2 N–H and O–H groups in total. The molecule has 2 aliphatic heterocycles. The van der Waals surface area contributed by atoms with E-state index in [-0.39, 0.29) is 35.4 Å². The van der Waals surface area contributed by atoms with Gasteiger partial charge in [-0.3, -0.25) is 10.1 Å². The first-order chi connectivity index (χ1) is 17.3. The number of nitrogens with one attached hydrogen (secondary N) is 1. The van der Waals surface area contributed by atoms with E-state index in [1.54, 1.807) is 0 Å². The molecule has 0 radical (unpaired) electrons. The van der Waals surface area contributed by atoms with Gasteiger partial charge in [0.25, 0.3) is 5.91 Å². The fourth-order valence-corrected chi connectivity index (χ4v) is 5.70. The van der Waals surface area contributed by atoms with Crippen LogP contribution in [-0.4, -0.2) is 59.0 Å². The van der Waals surface area contributed by atoms with Crippen LogP contribution in [0.15, 0.2) is 29.4 Å². The van der Waals surface area contributed by atoms with Crippen LogP contribution in [0.5, 0.6) is 5.75 Å². The predicted molar refractivity (Wildman–Crippen MR) is 136 cm³/mol. The summed E-state index contributed by atoms with van der Waals surface area (Å²) >= 11 is 1.34. The number of halogens is 3. The standard InChI is InChI=1S/C26H35F3N4O3S/c1-25(2,3)21-14-33(13-17-8-10-22(34)30-17)24(37-21)31-23(35)19-12-16(26(27,28)29)7-9-20(19)36-15-18-6-5-11-32(18)4/h7,9,12,14,17-18,22,30,34H,5-6,8,10-11,13,15H2,1-4H3/t17-,18-,22-/m0/s1. The van der Waals surface area contributed by atoms with Gasteiger partial charge in [-0.2, -0.15) is 18.2 Å². The van der Waals surface area contributed by atoms with E-state index in [1.807, 2.05) is 38.6 Å². The van der Waals surface area contributed by atoms with Crippen molar-refractivity contribution in [1.29, 1.82) is 0 Å². The number of hydrogen-bond donors (Lipinski definition) is 2. The van der Waals surface area contributed by atoms with Crippen molar-refractivity contribution < 1.29 is 27.8 Å². The number of ether oxygens (including phenoxy) is 1. The Bertz CT molecular complexity index is 1180. The van der Waals surface area contributed by atoms with Crippen molar-refractivity contribution in [3.05, 3.63) is 45.2 Å². The van der Waals surface area contributed by atoms with Gasteiger partial charge in [-0.15, -0.1) is 11.3 Å². The van der Waals surface area contributed by atoms with Crippen LogP contribution in [0.25, 0.3) is 0 Å². The summed E-state index contributed by atoms with van der Waals surface area (Å²) in [4.78, 5) is 21.2. The number of rotatable bonds is 6. The number of aliphatic hydroxyl groups excluding tert-OH is 1. The first kappa shape index (κ1) is 27.8. The molecule has 204 valence electrons. The Morgan fingerprint density at radius 3 is 2.59 bits per heavy atom. The molecule has 3 atom stereocenters. The van der Waals surface area contributed by atoms with Crippen LogP contribution in [0.2, 0.25) is 0 Å². The lowest BCUT2D eigenvalue weighted by molar-refractivity contribution is -0.137. The molecule has 2 fully saturated rings. The number of thiazole rings is 1. The van der Waals surface area contributed by atoms with Gasteiger partial charge >= 0.3 is 6.18 Å². The number of carbonyl (C=O) groups is 1. The third kappa shape index (κ3) is 6.81. The van der Waals surface area contributed by atoms with E-state index in [1.165, 1.54) is 17.4 Å². The van der Waals surface area contributed by atoms with Crippen molar-refractivity contribution in [2.75, 3.05) is 20.2 Å². The lowest BCUT2D eigenvalue weighted by atomic mass is 9.95. The van der Waals surface area contributed by atoms with Crippen LogP contribution >= 0.6 is 11.3 Å². The number of likely N-dealkylation sites (tertiary alicyclic amines) is 1. The van der Waals surface area contributed by atoms with E-state index in [2.05, 4.69) is 15.2 Å². The zero-order chi connectivity index (χ0) is 27.0. The first-order valence-electron chi connectivity index (χ1n) is 12.6. The summed E-state index contributed by atoms with van der Waals surface area (Å²) in [6.45, 7) is 7.84. The van der Waals surface area contributed by atoms with E-state index in [0.717, 1.165) is 42.8 Å². The molecule has 7 nitrogen and oxygen atoms in total.